The van der Waals surface area contributed by atoms with Gasteiger partial charge < -0.3 is 4.42 Å². The molecule has 0 spiro atoms. The van der Waals surface area contributed by atoms with E-state index in [4.69, 9.17) is 4.42 Å². The van der Waals surface area contributed by atoms with Gasteiger partial charge in [0, 0.05) is 17.4 Å². The van der Waals surface area contributed by atoms with Gasteiger partial charge in [0.15, 0.2) is 0 Å². The van der Waals surface area contributed by atoms with E-state index in [1.54, 1.807) is 0 Å². The molecule has 9 heteroatoms. The Labute approximate surface area is 150 Å². The number of hydrogen-bond donors (Lipinski definition) is 0. The molecule has 4 aromatic rings. The van der Waals surface area contributed by atoms with Gasteiger partial charge in [-0.05, 0) is 25.5 Å². The molecule has 0 bridgehead atoms. The first-order chi connectivity index (χ1) is 12.1. The van der Waals surface area contributed by atoms with Crippen LogP contribution in [0.5, 0.6) is 0 Å². The van der Waals surface area contributed by atoms with Crippen molar-refractivity contribution < 1.29 is 4.42 Å². The Bertz CT molecular complexity index is 1120. The largest absolute Gasteiger partial charge is 0.411 e. The fourth-order valence-electron chi connectivity index (χ4n) is 2.35. The average molecular weight is 371 g/mol. The van der Waals surface area contributed by atoms with Crippen molar-refractivity contribution >= 4 is 28.1 Å². The van der Waals surface area contributed by atoms with Crippen molar-refractivity contribution in [3.8, 4) is 11.5 Å². The third-order valence-electron chi connectivity index (χ3n) is 3.52. The van der Waals surface area contributed by atoms with Crippen molar-refractivity contribution in [3.63, 3.8) is 0 Å². The molecular formula is C16H13N5O2S2. The van der Waals surface area contributed by atoms with E-state index in [2.05, 4.69) is 20.3 Å². The van der Waals surface area contributed by atoms with Crippen LogP contribution in [0.15, 0.2) is 44.8 Å². The molecule has 1 aromatic carbocycles. The van der Waals surface area contributed by atoms with Gasteiger partial charge in [-0.2, -0.15) is 9.61 Å². The van der Waals surface area contributed by atoms with Gasteiger partial charge in [0.05, 0.1) is 5.69 Å². The highest BCUT2D eigenvalue weighted by Gasteiger charge is 2.12. The second kappa shape index (κ2) is 6.41. The number of fused-ring (bicyclic) bond motifs is 1. The Balaban J connectivity index is 1.54. The van der Waals surface area contributed by atoms with E-state index in [1.165, 1.54) is 33.7 Å². The van der Waals surface area contributed by atoms with Gasteiger partial charge in [-0.15, -0.1) is 10.2 Å². The SMILES string of the molecule is Cc1nn2c(=O)cc(CSc3nnc(-c4ccccc4C)o3)nc2s1. The predicted octanol–water partition coefficient (Wildman–Crippen LogP) is 3.11. The maximum Gasteiger partial charge on any atom is 0.277 e. The highest BCUT2D eigenvalue weighted by Crippen LogP contribution is 2.27. The van der Waals surface area contributed by atoms with Crippen LogP contribution < -0.4 is 5.56 Å². The third-order valence-corrected chi connectivity index (χ3v) is 5.20. The molecule has 3 aromatic heterocycles. The van der Waals surface area contributed by atoms with Crippen LogP contribution in [-0.2, 0) is 5.75 Å². The summed E-state index contributed by atoms with van der Waals surface area (Å²) in [6.07, 6.45) is 0. The molecule has 0 aliphatic rings. The first-order valence-electron chi connectivity index (χ1n) is 7.49. The Hall–Kier alpha value is -2.52. The zero-order chi connectivity index (χ0) is 17.4. The van der Waals surface area contributed by atoms with E-state index in [0.717, 1.165) is 16.1 Å². The summed E-state index contributed by atoms with van der Waals surface area (Å²) < 4.78 is 7.03. The maximum absolute atomic E-state index is 12.1. The number of hydrogen-bond acceptors (Lipinski definition) is 8. The van der Waals surface area contributed by atoms with Gasteiger partial charge in [0.1, 0.15) is 5.01 Å². The van der Waals surface area contributed by atoms with Gasteiger partial charge in [0.2, 0.25) is 10.9 Å². The molecule has 0 unspecified atom stereocenters. The van der Waals surface area contributed by atoms with Gasteiger partial charge in [0.25, 0.3) is 10.8 Å². The molecule has 0 aliphatic heterocycles. The number of nitrogens with zero attached hydrogens (tertiary/aromatic N) is 5. The summed E-state index contributed by atoms with van der Waals surface area (Å²) in [5.74, 6) is 0.958. The molecule has 25 heavy (non-hydrogen) atoms. The Morgan fingerprint density at radius 3 is 2.92 bits per heavy atom. The lowest BCUT2D eigenvalue weighted by Gasteiger charge is -1.99. The zero-order valence-electron chi connectivity index (χ0n) is 13.5. The lowest BCUT2D eigenvalue weighted by molar-refractivity contribution is 0.465. The molecule has 126 valence electrons. The Morgan fingerprint density at radius 1 is 1.24 bits per heavy atom. The Kier molecular flexibility index (Phi) is 4.10. The second-order valence-electron chi connectivity index (χ2n) is 5.38. The monoisotopic (exact) mass is 371 g/mol. The molecule has 0 saturated heterocycles. The summed E-state index contributed by atoms with van der Waals surface area (Å²) in [5.41, 5.74) is 2.47. The number of thioether (sulfide) groups is 1. The van der Waals surface area contributed by atoms with Crippen molar-refractivity contribution in [2.45, 2.75) is 24.8 Å². The summed E-state index contributed by atoms with van der Waals surface area (Å²) in [4.78, 5) is 17.1. The molecule has 0 fully saturated rings. The van der Waals surface area contributed by atoms with Crippen LogP contribution in [0.2, 0.25) is 0 Å². The summed E-state index contributed by atoms with van der Waals surface area (Å²) in [7, 11) is 0. The van der Waals surface area contributed by atoms with E-state index in [-0.39, 0.29) is 5.56 Å². The predicted molar refractivity (Wildman–Crippen MR) is 95.9 cm³/mol. The first kappa shape index (κ1) is 16.0. The summed E-state index contributed by atoms with van der Waals surface area (Å²) in [6.45, 7) is 3.84. The normalized spacial score (nSPS) is 11.3. The van der Waals surface area contributed by atoms with Crippen molar-refractivity contribution in [2.75, 3.05) is 0 Å². The fraction of sp³-hybridized carbons (Fsp3) is 0.188. The minimum absolute atomic E-state index is 0.184. The summed E-state index contributed by atoms with van der Waals surface area (Å²) in [5, 5.41) is 13.5. The highest BCUT2D eigenvalue weighted by atomic mass is 32.2. The van der Waals surface area contributed by atoms with Gasteiger partial charge >= 0.3 is 0 Å². The van der Waals surface area contributed by atoms with E-state index in [9.17, 15) is 4.79 Å². The molecule has 0 aliphatic carbocycles. The number of benzene rings is 1. The molecule has 0 saturated carbocycles. The van der Waals surface area contributed by atoms with E-state index < -0.39 is 0 Å². The minimum Gasteiger partial charge on any atom is -0.411 e. The van der Waals surface area contributed by atoms with Crippen molar-refractivity contribution in [1.82, 2.24) is 24.8 Å². The lowest BCUT2D eigenvalue weighted by Crippen LogP contribution is -2.15. The van der Waals surface area contributed by atoms with Crippen LogP contribution >= 0.6 is 23.1 Å². The maximum atomic E-state index is 12.1. The molecule has 0 N–H and O–H groups in total. The van der Waals surface area contributed by atoms with Crippen LogP contribution in [0, 0.1) is 13.8 Å². The van der Waals surface area contributed by atoms with E-state index in [0.29, 0.717) is 27.5 Å². The smallest absolute Gasteiger partial charge is 0.277 e. The molecule has 4 rings (SSSR count). The van der Waals surface area contributed by atoms with Crippen molar-refractivity contribution in [1.29, 1.82) is 0 Å². The van der Waals surface area contributed by atoms with Crippen LogP contribution in [0.25, 0.3) is 16.4 Å². The minimum atomic E-state index is -0.184. The molecular weight excluding hydrogens is 358 g/mol. The van der Waals surface area contributed by atoms with Crippen LogP contribution in [0.4, 0.5) is 0 Å². The number of aryl methyl sites for hydroxylation is 2. The van der Waals surface area contributed by atoms with Crippen molar-refractivity contribution in [2.24, 2.45) is 0 Å². The number of aromatic nitrogens is 5. The van der Waals surface area contributed by atoms with Gasteiger partial charge in [-0.1, -0.05) is 41.3 Å². The van der Waals surface area contributed by atoms with Gasteiger partial charge in [-0.25, -0.2) is 4.98 Å². The quantitative estimate of drug-likeness (QED) is 0.509. The zero-order valence-corrected chi connectivity index (χ0v) is 15.1. The number of rotatable bonds is 4. The standard InChI is InChI=1S/C16H13N5O2S2/c1-9-5-3-4-6-12(9)14-18-19-16(23-14)24-8-11-7-13(22)21-15(17-11)25-10(2)20-21/h3-7H,8H2,1-2H3. The van der Waals surface area contributed by atoms with Crippen LogP contribution in [-0.4, -0.2) is 24.8 Å². The summed E-state index contributed by atoms with van der Waals surface area (Å²) in [6, 6.07) is 9.32. The van der Waals surface area contributed by atoms with Crippen LogP contribution in [0.1, 0.15) is 16.3 Å². The molecule has 7 nitrogen and oxygen atoms in total. The topological polar surface area (TPSA) is 86.2 Å². The second-order valence-corrected chi connectivity index (χ2v) is 7.46. The lowest BCUT2D eigenvalue weighted by atomic mass is 10.1. The van der Waals surface area contributed by atoms with Gasteiger partial charge in [-0.3, -0.25) is 4.79 Å². The fourth-order valence-corrected chi connectivity index (χ4v) is 3.77. The van der Waals surface area contributed by atoms with E-state index in [1.807, 2.05) is 38.1 Å². The average Bonchev–Trinajstić information content (AvgIpc) is 3.19. The summed E-state index contributed by atoms with van der Waals surface area (Å²) >= 11 is 2.74. The highest BCUT2D eigenvalue weighted by molar-refractivity contribution is 7.98. The van der Waals surface area contributed by atoms with E-state index >= 15 is 0 Å². The Morgan fingerprint density at radius 2 is 2.08 bits per heavy atom. The van der Waals surface area contributed by atoms with Crippen molar-refractivity contribution in [3.05, 3.63) is 57.0 Å². The molecule has 3 heterocycles. The third kappa shape index (κ3) is 3.20. The molecule has 0 radical (unpaired) electrons. The molecule has 0 amide bonds. The first-order valence-corrected chi connectivity index (χ1v) is 9.29. The molecule has 0 atom stereocenters. The van der Waals surface area contributed by atoms with Crippen LogP contribution in [0.3, 0.4) is 0 Å².